The number of rotatable bonds is 3. The van der Waals surface area contributed by atoms with Crippen molar-refractivity contribution in [3.63, 3.8) is 0 Å². The van der Waals surface area contributed by atoms with Gasteiger partial charge >= 0.3 is 5.97 Å². The van der Waals surface area contributed by atoms with Gasteiger partial charge in [0.05, 0.1) is 6.26 Å². The van der Waals surface area contributed by atoms with Gasteiger partial charge in [-0.15, -0.1) is 0 Å². The predicted octanol–water partition coefficient (Wildman–Crippen LogP) is 2.23. The molecule has 2 N–H and O–H groups in total. The summed E-state index contributed by atoms with van der Waals surface area (Å²) in [5, 5.41) is 19.2. The van der Waals surface area contributed by atoms with Crippen LogP contribution in [0.15, 0.2) is 16.7 Å². The summed E-state index contributed by atoms with van der Waals surface area (Å²) in [6.45, 7) is 4.20. The topological polar surface area (TPSA) is 70.7 Å². The monoisotopic (exact) mass is 224 g/mol. The first-order valence-electron chi connectivity index (χ1n) is 5.47. The van der Waals surface area contributed by atoms with Crippen molar-refractivity contribution in [2.24, 2.45) is 11.8 Å². The van der Waals surface area contributed by atoms with Crippen molar-refractivity contribution in [1.29, 1.82) is 0 Å². The number of hydrogen-bond donors (Lipinski definition) is 2. The van der Waals surface area contributed by atoms with Gasteiger partial charge in [0.25, 0.3) is 0 Å². The number of furan rings is 1. The number of carbonyl (C=O) groups is 1. The summed E-state index contributed by atoms with van der Waals surface area (Å²) in [4.78, 5) is 10.9. The third kappa shape index (κ3) is 1.63. The number of carboxylic acid groups (broad SMARTS) is 1. The predicted molar refractivity (Wildman–Crippen MR) is 57.1 cm³/mol. The first-order chi connectivity index (χ1) is 7.44. The number of hydrogen-bond acceptors (Lipinski definition) is 3. The van der Waals surface area contributed by atoms with Crippen LogP contribution >= 0.6 is 0 Å². The maximum atomic E-state index is 10.9. The minimum atomic E-state index is -1.08. The van der Waals surface area contributed by atoms with E-state index in [2.05, 4.69) is 13.8 Å². The summed E-state index contributed by atoms with van der Waals surface area (Å²) in [6, 6.07) is 1.39. The molecular weight excluding hydrogens is 208 g/mol. The van der Waals surface area contributed by atoms with Crippen molar-refractivity contribution in [3.05, 3.63) is 23.7 Å². The lowest BCUT2D eigenvalue weighted by Gasteiger charge is -2.44. The molecule has 1 saturated carbocycles. The zero-order valence-electron chi connectivity index (χ0n) is 9.43. The van der Waals surface area contributed by atoms with Crippen LogP contribution in [0.4, 0.5) is 0 Å². The van der Waals surface area contributed by atoms with Crippen molar-refractivity contribution in [2.75, 3.05) is 0 Å². The van der Waals surface area contributed by atoms with E-state index in [0.29, 0.717) is 24.7 Å². The van der Waals surface area contributed by atoms with Gasteiger partial charge in [-0.05, 0) is 30.7 Å². The fraction of sp³-hybridized carbons (Fsp3) is 0.583. The second-order valence-corrected chi connectivity index (χ2v) is 4.91. The molecule has 0 saturated heterocycles. The van der Waals surface area contributed by atoms with Crippen LogP contribution in [0, 0.1) is 11.8 Å². The Bertz CT molecular complexity index is 399. The Balaban J connectivity index is 2.20. The van der Waals surface area contributed by atoms with Crippen LogP contribution in [-0.4, -0.2) is 16.2 Å². The van der Waals surface area contributed by atoms with Gasteiger partial charge in [0.2, 0.25) is 0 Å². The molecule has 4 nitrogen and oxygen atoms in total. The molecule has 0 aliphatic heterocycles. The lowest BCUT2D eigenvalue weighted by molar-refractivity contribution is -0.108. The lowest BCUT2D eigenvalue weighted by atomic mass is 9.65. The van der Waals surface area contributed by atoms with E-state index in [-0.39, 0.29) is 11.3 Å². The first-order valence-corrected chi connectivity index (χ1v) is 5.47. The zero-order valence-corrected chi connectivity index (χ0v) is 9.43. The van der Waals surface area contributed by atoms with E-state index >= 15 is 0 Å². The van der Waals surface area contributed by atoms with Crippen LogP contribution in [0.1, 0.15) is 42.8 Å². The first kappa shape index (κ1) is 11.2. The number of aromatic carboxylic acids is 1. The standard InChI is InChI=1S/C12H16O4/c1-7(2)8-5-12(15,6-8)10-9(11(13)14)3-4-16-10/h3-4,7-8,15H,5-6H2,1-2H3,(H,13,14). The minimum Gasteiger partial charge on any atom is -0.478 e. The third-order valence-electron chi connectivity index (χ3n) is 3.46. The molecule has 0 bridgehead atoms. The van der Waals surface area contributed by atoms with Crippen LogP contribution in [-0.2, 0) is 5.60 Å². The Morgan fingerprint density at radius 1 is 1.56 bits per heavy atom. The molecule has 88 valence electrons. The fourth-order valence-electron chi connectivity index (χ4n) is 2.30. The Kier molecular flexibility index (Phi) is 2.54. The molecule has 1 aliphatic rings. The van der Waals surface area contributed by atoms with Crippen LogP contribution in [0.25, 0.3) is 0 Å². The molecule has 0 atom stereocenters. The van der Waals surface area contributed by atoms with Crippen LogP contribution < -0.4 is 0 Å². The lowest BCUT2D eigenvalue weighted by Crippen LogP contribution is -2.43. The van der Waals surface area contributed by atoms with Gasteiger partial charge in [-0.2, -0.15) is 0 Å². The van der Waals surface area contributed by atoms with E-state index in [4.69, 9.17) is 9.52 Å². The molecule has 2 rings (SSSR count). The van der Waals surface area contributed by atoms with Crippen LogP contribution in [0.2, 0.25) is 0 Å². The molecule has 1 aromatic heterocycles. The Labute approximate surface area is 93.9 Å². The smallest absolute Gasteiger partial charge is 0.339 e. The van der Waals surface area contributed by atoms with Crippen molar-refractivity contribution in [2.45, 2.75) is 32.3 Å². The Morgan fingerprint density at radius 3 is 2.69 bits per heavy atom. The van der Waals surface area contributed by atoms with E-state index in [0.717, 1.165) is 0 Å². The second-order valence-electron chi connectivity index (χ2n) is 4.91. The van der Waals surface area contributed by atoms with Crippen LogP contribution in [0.5, 0.6) is 0 Å². The second kappa shape index (κ2) is 3.63. The molecule has 1 heterocycles. The van der Waals surface area contributed by atoms with Crippen molar-refractivity contribution in [1.82, 2.24) is 0 Å². The summed E-state index contributed by atoms with van der Waals surface area (Å²) in [5.41, 5.74) is -1.00. The largest absolute Gasteiger partial charge is 0.478 e. The molecule has 1 aromatic rings. The average molecular weight is 224 g/mol. The molecule has 0 unspecified atom stereocenters. The van der Waals surface area contributed by atoms with E-state index in [1.54, 1.807) is 0 Å². The average Bonchev–Trinajstić information content (AvgIpc) is 2.60. The minimum absolute atomic E-state index is 0.0738. The van der Waals surface area contributed by atoms with E-state index < -0.39 is 11.6 Å². The highest BCUT2D eigenvalue weighted by atomic mass is 16.4. The quantitative estimate of drug-likeness (QED) is 0.825. The van der Waals surface area contributed by atoms with E-state index in [1.807, 2.05) is 0 Å². The highest BCUT2D eigenvalue weighted by molar-refractivity contribution is 5.89. The molecular formula is C12H16O4. The normalized spacial score (nSPS) is 29.1. The van der Waals surface area contributed by atoms with Gasteiger partial charge in [0.1, 0.15) is 16.9 Å². The molecule has 0 radical (unpaired) electrons. The summed E-state index contributed by atoms with van der Waals surface area (Å²) >= 11 is 0. The van der Waals surface area contributed by atoms with Gasteiger partial charge in [-0.3, -0.25) is 0 Å². The summed E-state index contributed by atoms with van der Waals surface area (Å²) in [6.07, 6.45) is 2.48. The third-order valence-corrected chi connectivity index (χ3v) is 3.46. The molecule has 4 heteroatoms. The Morgan fingerprint density at radius 2 is 2.19 bits per heavy atom. The van der Waals surface area contributed by atoms with E-state index in [9.17, 15) is 9.90 Å². The van der Waals surface area contributed by atoms with Gasteiger partial charge in [0.15, 0.2) is 0 Å². The maximum absolute atomic E-state index is 10.9. The maximum Gasteiger partial charge on any atom is 0.339 e. The number of aliphatic hydroxyl groups is 1. The van der Waals surface area contributed by atoms with Crippen molar-refractivity contribution < 1.29 is 19.4 Å². The van der Waals surface area contributed by atoms with Crippen LogP contribution in [0.3, 0.4) is 0 Å². The SMILES string of the molecule is CC(C)C1CC(O)(c2occc2C(=O)O)C1. The molecule has 0 aromatic carbocycles. The fourth-order valence-corrected chi connectivity index (χ4v) is 2.30. The molecule has 16 heavy (non-hydrogen) atoms. The van der Waals surface area contributed by atoms with Gasteiger partial charge in [-0.25, -0.2) is 4.79 Å². The summed E-state index contributed by atoms with van der Waals surface area (Å²) in [5.74, 6) is 0.0994. The van der Waals surface area contributed by atoms with Gasteiger partial charge < -0.3 is 14.6 Å². The summed E-state index contributed by atoms with van der Waals surface area (Å²) in [7, 11) is 0. The number of carboxylic acids is 1. The molecule has 0 amide bonds. The van der Waals surface area contributed by atoms with Gasteiger partial charge in [0, 0.05) is 0 Å². The zero-order chi connectivity index (χ0) is 11.9. The molecule has 0 spiro atoms. The highest BCUT2D eigenvalue weighted by Crippen LogP contribution is 2.49. The van der Waals surface area contributed by atoms with Crippen molar-refractivity contribution >= 4 is 5.97 Å². The van der Waals surface area contributed by atoms with E-state index in [1.165, 1.54) is 12.3 Å². The highest BCUT2D eigenvalue weighted by Gasteiger charge is 2.49. The van der Waals surface area contributed by atoms with Gasteiger partial charge in [-0.1, -0.05) is 13.8 Å². The van der Waals surface area contributed by atoms with Crippen molar-refractivity contribution in [3.8, 4) is 0 Å². The molecule has 1 fully saturated rings. The Hall–Kier alpha value is -1.29. The molecule has 1 aliphatic carbocycles. The summed E-state index contributed by atoms with van der Waals surface area (Å²) < 4.78 is 5.13.